The molecule has 5 aliphatic carbocycles. The Bertz CT molecular complexity index is 1200. The van der Waals surface area contributed by atoms with Crippen LogP contribution in [0.4, 0.5) is 0 Å². The first-order valence-corrected chi connectivity index (χ1v) is 15.7. The lowest BCUT2D eigenvalue weighted by Gasteiger charge is -2.70. The highest BCUT2D eigenvalue weighted by molar-refractivity contribution is 5.95. The summed E-state index contributed by atoms with van der Waals surface area (Å²) in [6.45, 7) is 15.5. The van der Waals surface area contributed by atoms with Gasteiger partial charge in [0.25, 0.3) is 0 Å². The van der Waals surface area contributed by atoms with Gasteiger partial charge in [-0.3, -0.25) is 19.2 Å². The molecule has 0 aromatic heterocycles. The predicted molar refractivity (Wildman–Crippen MR) is 154 cm³/mol. The molecule has 9 atom stereocenters. The molecule has 4 saturated carbocycles. The molecule has 5 aliphatic rings. The van der Waals surface area contributed by atoms with Gasteiger partial charge in [-0.2, -0.15) is 0 Å². The summed E-state index contributed by atoms with van der Waals surface area (Å²) in [5.41, 5.74) is -0.553. The number of fused-ring (bicyclic) bond motifs is 7. The number of carboxylic acid groups (broad SMARTS) is 2. The van der Waals surface area contributed by atoms with E-state index in [0.29, 0.717) is 19.3 Å². The van der Waals surface area contributed by atoms with Crippen LogP contribution in [0.5, 0.6) is 0 Å². The number of carbonyl (C=O) groups excluding carboxylic acids is 2. The number of hydrogen-bond acceptors (Lipinski definition) is 5. The van der Waals surface area contributed by atoms with Crippen molar-refractivity contribution >= 4 is 23.7 Å². The van der Waals surface area contributed by atoms with Gasteiger partial charge in [0.15, 0.2) is 5.78 Å². The van der Waals surface area contributed by atoms with Crippen LogP contribution in [0.2, 0.25) is 0 Å². The van der Waals surface area contributed by atoms with Gasteiger partial charge in [-0.1, -0.05) is 47.1 Å². The first-order chi connectivity index (χ1) is 18.8. The van der Waals surface area contributed by atoms with E-state index in [-0.39, 0.29) is 69.6 Å². The van der Waals surface area contributed by atoms with Gasteiger partial charge in [0, 0.05) is 11.3 Å². The lowest BCUT2D eigenvalue weighted by Crippen LogP contribution is -2.66. The average molecular weight is 571 g/mol. The minimum atomic E-state index is -1.01. The number of aliphatic carboxylic acids is 2. The van der Waals surface area contributed by atoms with Gasteiger partial charge < -0.3 is 14.9 Å². The Morgan fingerprint density at radius 3 is 2.17 bits per heavy atom. The highest BCUT2D eigenvalue weighted by Crippen LogP contribution is 2.75. The molecule has 0 bridgehead atoms. The number of allylic oxidation sites excluding steroid dienone is 2. The van der Waals surface area contributed by atoms with Crippen LogP contribution in [0.15, 0.2) is 11.6 Å². The number of ether oxygens (including phenoxy) is 1. The molecule has 41 heavy (non-hydrogen) atoms. The second-order valence-electron chi connectivity index (χ2n) is 16.3. The zero-order valence-corrected chi connectivity index (χ0v) is 26.1. The summed E-state index contributed by atoms with van der Waals surface area (Å²) in [6, 6.07) is 0. The van der Waals surface area contributed by atoms with Gasteiger partial charge in [0.1, 0.15) is 6.10 Å². The van der Waals surface area contributed by atoms with Crippen molar-refractivity contribution in [2.45, 2.75) is 125 Å². The topological polar surface area (TPSA) is 118 Å². The van der Waals surface area contributed by atoms with Crippen molar-refractivity contribution in [1.82, 2.24) is 0 Å². The summed E-state index contributed by atoms with van der Waals surface area (Å²) in [4.78, 5) is 50.3. The Morgan fingerprint density at radius 1 is 0.878 bits per heavy atom. The molecule has 0 radical (unpaired) electrons. The molecular formula is C34H50O7. The smallest absolute Gasteiger partial charge is 0.309 e. The average Bonchev–Trinajstić information content (AvgIpc) is 2.86. The van der Waals surface area contributed by atoms with Crippen molar-refractivity contribution in [2.24, 2.45) is 50.2 Å². The fraction of sp³-hybridized carbons (Fsp3) is 0.824. The molecule has 0 saturated heterocycles. The Kier molecular flexibility index (Phi) is 6.95. The van der Waals surface area contributed by atoms with E-state index in [1.165, 1.54) is 5.57 Å². The van der Waals surface area contributed by atoms with E-state index in [1.807, 2.05) is 13.0 Å². The van der Waals surface area contributed by atoms with Crippen LogP contribution in [0.1, 0.15) is 119 Å². The highest BCUT2D eigenvalue weighted by atomic mass is 16.5. The van der Waals surface area contributed by atoms with Crippen molar-refractivity contribution in [2.75, 3.05) is 0 Å². The van der Waals surface area contributed by atoms with Gasteiger partial charge in [0.2, 0.25) is 0 Å². The third kappa shape index (κ3) is 4.25. The Balaban J connectivity index is 1.49. The van der Waals surface area contributed by atoms with E-state index in [2.05, 4.69) is 41.5 Å². The van der Waals surface area contributed by atoms with Crippen molar-refractivity contribution in [3.8, 4) is 0 Å². The number of carboxylic acids is 2. The molecule has 4 fully saturated rings. The van der Waals surface area contributed by atoms with Gasteiger partial charge in [-0.25, -0.2) is 0 Å². The van der Waals surface area contributed by atoms with Crippen LogP contribution < -0.4 is 0 Å². The van der Waals surface area contributed by atoms with Crippen molar-refractivity contribution in [1.29, 1.82) is 0 Å². The van der Waals surface area contributed by atoms with E-state index in [1.54, 1.807) is 0 Å². The first kappa shape index (κ1) is 30.3. The monoisotopic (exact) mass is 570 g/mol. The van der Waals surface area contributed by atoms with E-state index in [0.717, 1.165) is 38.5 Å². The predicted octanol–water partition coefficient (Wildman–Crippen LogP) is 6.83. The summed E-state index contributed by atoms with van der Waals surface area (Å²) in [7, 11) is 0. The van der Waals surface area contributed by atoms with Gasteiger partial charge in [-0.15, -0.1) is 0 Å². The summed E-state index contributed by atoms with van der Waals surface area (Å²) in [6.07, 6.45) is 8.80. The second kappa shape index (κ2) is 9.41. The zero-order valence-electron chi connectivity index (χ0n) is 26.1. The van der Waals surface area contributed by atoms with E-state index < -0.39 is 23.3 Å². The van der Waals surface area contributed by atoms with Gasteiger partial charge in [0.05, 0.1) is 18.3 Å². The second-order valence-corrected chi connectivity index (χ2v) is 16.3. The lowest BCUT2D eigenvalue weighted by molar-refractivity contribution is -0.211. The maximum Gasteiger partial charge on any atom is 0.309 e. The molecule has 7 nitrogen and oxygen atoms in total. The molecule has 0 aromatic carbocycles. The largest absolute Gasteiger partial charge is 0.481 e. The SMILES string of the molecule is CC1(C)[C@@H](OC(=O)CCC(=O)O)CC[C@@]2(C)[C@H]3C(=O)C=C4[C@@H]5C[C@@](C)(C(=O)O)CC[C@]5(C)CC[C@@]4(C)[C@]3(C)CC[C@@H]12. The van der Waals surface area contributed by atoms with E-state index in [4.69, 9.17) is 9.84 Å². The molecular weight excluding hydrogens is 520 g/mol. The molecule has 7 heteroatoms. The maximum absolute atomic E-state index is 14.5. The van der Waals surface area contributed by atoms with E-state index in [9.17, 15) is 24.3 Å². The zero-order chi connectivity index (χ0) is 30.4. The third-order valence-electron chi connectivity index (χ3n) is 13.8. The summed E-state index contributed by atoms with van der Waals surface area (Å²) in [5.74, 6) is -1.87. The van der Waals surface area contributed by atoms with Crippen LogP contribution in [0.3, 0.4) is 0 Å². The van der Waals surface area contributed by atoms with Crippen molar-refractivity contribution in [3.05, 3.63) is 11.6 Å². The molecule has 0 unspecified atom stereocenters. The Morgan fingerprint density at radius 2 is 1.54 bits per heavy atom. The Labute approximate surface area is 244 Å². The number of rotatable bonds is 5. The van der Waals surface area contributed by atoms with Crippen molar-refractivity contribution in [3.63, 3.8) is 0 Å². The van der Waals surface area contributed by atoms with Gasteiger partial charge >= 0.3 is 17.9 Å². The van der Waals surface area contributed by atoms with Crippen LogP contribution in [-0.2, 0) is 23.9 Å². The Hall–Kier alpha value is -2.18. The quantitative estimate of drug-likeness (QED) is 0.348. The molecule has 0 amide bonds. The fourth-order valence-corrected chi connectivity index (χ4v) is 11.0. The molecule has 0 aliphatic heterocycles. The van der Waals surface area contributed by atoms with Crippen LogP contribution in [0, 0.1) is 50.2 Å². The normalized spacial score (nSPS) is 46.6. The summed E-state index contributed by atoms with van der Waals surface area (Å²) < 4.78 is 5.91. The summed E-state index contributed by atoms with van der Waals surface area (Å²) >= 11 is 0. The standard InChI is InChI=1S/C34H50O7/c1-29(2)23-10-13-34(7)27(32(23,5)12-11-24(29)41-26(38)9-8-25(36)37)22(35)18-20-21-19-31(4,28(39)40)15-14-30(21,3)16-17-33(20,34)6/h18,21,23-24,27H,8-17,19H2,1-7H3,(H,36,37)(H,39,40)/t21-,23-,24-,27+,30+,31-,32+,33+,34+/m0/s1. The summed E-state index contributed by atoms with van der Waals surface area (Å²) in [5, 5.41) is 19.1. The van der Waals surface area contributed by atoms with Crippen LogP contribution in [-0.4, -0.2) is 40.0 Å². The number of ketones is 1. The minimum absolute atomic E-state index is 0.0233. The molecule has 0 aromatic rings. The maximum atomic E-state index is 14.5. The number of carbonyl (C=O) groups is 4. The van der Waals surface area contributed by atoms with Crippen molar-refractivity contribution < 1.29 is 34.1 Å². The fourth-order valence-electron chi connectivity index (χ4n) is 11.0. The molecule has 228 valence electrons. The first-order valence-electron chi connectivity index (χ1n) is 15.7. The van der Waals surface area contributed by atoms with E-state index >= 15 is 0 Å². The third-order valence-corrected chi connectivity index (χ3v) is 13.8. The molecule has 0 spiro atoms. The number of hydrogen-bond donors (Lipinski definition) is 2. The molecule has 5 rings (SSSR count). The molecule has 2 N–H and O–H groups in total. The van der Waals surface area contributed by atoms with Crippen LogP contribution in [0.25, 0.3) is 0 Å². The minimum Gasteiger partial charge on any atom is -0.481 e. The lowest BCUT2D eigenvalue weighted by atomic mass is 9.33. The molecule has 0 heterocycles. The van der Waals surface area contributed by atoms with Gasteiger partial charge in [-0.05, 0) is 104 Å². The van der Waals surface area contributed by atoms with Crippen LogP contribution >= 0.6 is 0 Å². The highest BCUT2D eigenvalue weighted by Gasteiger charge is 2.70. The number of esters is 1.